The summed E-state index contributed by atoms with van der Waals surface area (Å²) in [4.78, 5) is 24.6. The van der Waals surface area contributed by atoms with Crippen LogP contribution in [0.25, 0.3) is 0 Å². The van der Waals surface area contributed by atoms with E-state index in [4.69, 9.17) is 4.74 Å². The minimum Gasteiger partial charge on any atom is -0.466 e. The first-order valence-electron chi connectivity index (χ1n) is 30.9. The number of nitrogens with one attached hydrogen (secondary N) is 1. The van der Waals surface area contributed by atoms with Crippen LogP contribution in [0.3, 0.4) is 0 Å². The van der Waals surface area contributed by atoms with E-state index < -0.39 is 12.1 Å². The molecule has 410 valence electrons. The van der Waals surface area contributed by atoms with Crippen LogP contribution in [0.4, 0.5) is 0 Å². The maximum absolute atomic E-state index is 12.5. The maximum Gasteiger partial charge on any atom is 0.305 e. The Morgan fingerprint density at radius 1 is 0.400 bits per heavy atom. The fourth-order valence-corrected chi connectivity index (χ4v) is 9.37. The van der Waals surface area contributed by atoms with Gasteiger partial charge in [0.1, 0.15) is 0 Å². The first-order chi connectivity index (χ1) is 34.5. The van der Waals surface area contributed by atoms with Gasteiger partial charge in [0.25, 0.3) is 0 Å². The molecule has 2 unspecified atom stereocenters. The van der Waals surface area contributed by atoms with Crippen molar-refractivity contribution >= 4 is 11.9 Å². The summed E-state index contributed by atoms with van der Waals surface area (Å²) >= 11 is 0. The Morgan fingerprint density at radius 3 is 1.13 bits per heavy atom. The number of hydrogen-bond donors (Lipinski definition) is 3. The zero-order valence-corrected chi connectivity index (χ0v) is 46.7. The third kappa shape index (κ3) is 55.1. The van der Waals surface area contributed by atoms with Gasteiger partial charge in [0.05, 0.1) is 25.4 Å². The average Bonchev–Trinajstić information content (AvgIpc) is 3.36. The predicted molar refractivity (Wildman–Crippen MR) is 306 cm³/mol. The smallest absolute Gasteiger partial charge is 0.305 e. The molecule has 1 amide bonds. The maximum atomic E-state index is 12.5. The highest BCUT2D eigenvalue weighted by Gasteiger charge is 2.20. The number of carbonyl (C=O) groups excluding carboxylic acids is 2. The molecule has 0 aromatic heterocycles. The summed E-state index contributed by atoms with van der Waals surface area (Å²) in [7, 11) is 0. The standard InChI is InChI=1S/C64H119NO5/c1-3-5-7-9-11-13-15-17-19-21-23-24-25-26-27-29-32-36-40-44-48-52-56-62(67)61(60-66)65-63(68)57-53-49-45-41-37-33-31-35-39-43-47-51-55-59-70-64(69)58-54-50-46-42-38-34-30-28-22-20-18-16-14-12-10-8-6-4-2/h14,16,20,22,33,37,45,49,61-62,66-67H,3-13,15,17-19,21,23-32,34-36,38-44,46-48,50-60H2,1-2H3,(H,65,68)/b16-14-,22-20-,37-33-,49-45-. The molecule has 0 bridgehead atoms. The predicted octanol–water partition coefficient (Wildman–Crippen LogP) is 19.4. The minimum atomic E-state index is -0.702. The Morgan fingerprint density at radius 2 is 0.729 bits per heavy atom. The Bertz CT molecular complexity index is 1180. The van der Waals surface area contributed by atoms with Crippen LogP contribution >= 0.6 is 0 Å². The van der Waals surface area contributed by atoms with E-state index in [0.29, 0.717) is 32.3 Å². The number of hydrogen-bond acceptors (Lipinski definition) is 5. The van der Waals surface area contributed by atoms with E-state index in [1.807, 2.05) is 6.08 Å². The average molecular weight is 983 g/mol. The summed E-state index contributed by atoms with van der Waals surface area (Å²) in [6.45, 7) is 4.88. The van der Waals surface area contributed by atoms with E-state index in [1.165, 1.54) is 225 Å². The van der Waals surface area contributed by atoms with Gasteiger partial charge in [-0.3, -0.25) is 9.59 Å². The Balaban J connectivity index is 3.53. The van der Waals surface area contributed by atoms with Crippen molar-refractivity contribution in [1.29, 1.82) is 0 Å². The summed E-state index contributed by atoms with van der Waals surface area (Å²) in [5.74, 6) is -0.138. The SMILES string of the molecule is CCCCCC/C=C\C/C=C\CCCCCCCCCC(=O)OCCCCCCCC/C=C\C/C=C\CCC(=O)NC(CO)C(O)CCCCCCCCCCCCCCCCCCCCCCCC. The summed E-state index contributed by atoms with van der Waals surface area (Å²) in [6, 6.07) is -0.588. The third-order valence-corrected chi connectivity index (χ3v) is 14.1. The number of amides is 1. The molecule has 6 nitrogen and oxygen atoms in total. The fraction of sp³-hybridized carbons (Fsp3) is 0.844. The molecule has 0 heterocycles. The van der Waals surface area contributed by atoms with Crippen molar-refractivity contribution < 1.29 is 24.5 Å². The van der Waals surface area contributed by atoms with E-state index in [1.54, 1.807) is 0 Å². The molecule has 6 heteroatoms. The van der Waals surface area contributed by atoms with Crippen LogP contribution in [0.15, 0.2) is 48.6 Å². The second kappa shape index (κ2) is 59.4. The molecule has 0 aromatic rings. The lowest BCUT2D eigenvalue weighted by atomic mass is 10.0. The van der Waals surface area contributed by atoms with Crippen LogP contribution < -0.4 is 5.32 Å². The second-order valence-electron chi connectivity index (χ2n) is 21.0. The summed E-state index contributed by atoms with van der Waals surface area (Å²) < 4.78 is 5.47. The lowest BCUT2D eigenvalue weighted by Gasteiger charge is -2.22. The van der Waals surface area contributed by atoms with Gasteiger partial charge in [-0.15, -0.1) is 0 Å². The number of unbranched alkanes of at least 4 members (excludes halogenated alkanes) is 38. The van der Waals surface area contributed by atoms with Gasteiger partial charge in [-0.2, -0.15) is 0 Å². The molecule has 0 spiro atoms. The van der Waals surface area contributed by atoms with Crippen molar-refractivity contribution in [3.05, 3.63) is 48.6 Å². The third-order valence-electron chi connectivity index (χ3n) is 14.1. The largest absolute Gasteiger partial charge is 0.466 e. The zero-order valence-electron chi connectivity index (χ0n) is 46.7. The number of carbonyl (C=O) groups is 2. The number of allylic oxidation sites excluding steroid dienone is 8. The van der Waals surface area contributed by atoms with Crippen LogP contribution in [0, 0.1) is 0 Å². The quantitative estimate of drug-likeness (QED) is 0.0321. The van der Waals surface area contributed by atoms with Gasteiger partial charge in [-0.25, -0.2) is 0 Å². The highest BCUT2D eigenvalue weighted by molar-refractivity contribution is 5.76. The molecule has 0 saturated carbocycles. The van der Waals surface area contributed by atoms with Crippen LogP contribution in [0.1, 0.15) is 322 Å². The number of rotatable bonds is 57. The van der Waals surface area contributed by atoms with E-state index in [0.717, 1.165) is 57.8 Å². The molecule has 0 fully saturated rings. The fourth-order valence-electron chi connectivity index (χ4n) is 9.37. The van der Waals surface area contributed by atoms with Gasteiger partial charge in [0.2, 0.25) is 5.91 Å². The second-order valence-corrected chi connectivity index (χ2v) is 21.0. The number of aliphatic hydroxyl groups excluding tert-OH is 2. The molecule has 0 radical (unpaired) electrons. The Hall–Kier alpha value is -2.18. The lowest BCUT2D eigenvalue weighted by Crippen LogP contribution is -2.45. The van der Waals surface area contributed by atoms with Crippen molar-refractivity contribution in [3.63, 3.8) is 0 Å². The topological polar surface area (TPSA) is 95.9 Å². The molecular formula is C64H119NO5. The highest BCUT2D eigenvalue weighted by atomic mass is 16.5. The molecule has 0 rings (SSSR count). The zero-order chi connectivity index (χ0) is 50.7. The van der Waals surface area contributed by atoms with Crippen LogP contribution in [-0.4, -0.2) is 47.4 Å². The van der Waals surface area contributed by atoms with E-state index >= 15 is 0 Å². The van der Waals surface area contributed by atoms with Crippen molar-refractivity contribution in [1.82, 2.24) is 5.32 Å². The van der Waals surface area contributed by atoms with E-state index in [9.17, 15) is 19.8 Å². The first-order valence-corrected chi connectivity index (χ1v) is 30.9. The van der Waals surface area contributed by atoms with Gasteiger partial charge < -0.3 is 20.3 Å². The van der Waals surface area contributed by atoms with Crippen molar-refractivity contribution in [2.24, 2.45) is 0 Å². The summed E-state index contributed by atoms with van der Waals surface area (Å²) in [5.41, 5.74) is 0. The molecule has 0 saturated heterocycles. The molecule has 3 N–H and O–H groups in total. The van der Waals surface area contributed by atoms with E-state index in [-0.39, 0.29) is 18.5 Å². The van der Waals surface area contributed by atoms with Crippen LogP contribution in [0.2, 0.25) is 0 Å². The highest BCUT2D eigenvalue weighted by Crippen LogP contribution is 2.17. The first kappa shape index (κ1) is 67.8. The molecule has 0 aliphatic rings. The summed E-state index contributed by atoms with van der Waals surface area (Å²) in [5, 5.41) is 23.3. The minimum absolute atomic E-state index is 0.0240. The normalized spacial score (nSPS) is 12.9. The number of aliphatic hydroxyl groups is 2. The Kier molecular flexibility index (Phi) is 57.5. The van der Waals surface area contributed by atoms with Crippen LogP contribution in [0.5, 0.6) is 0 Å². The van der Waals surface area contributed by atoms with Crippen molar-refractivity contribution in [2.75, 3.05) is 13.2 Å². The molecule has 70 heavy (non-hydrogen) atoms. The van der Waals surface area contributed by atoms with Gasteiger partial charge in [0, 0.05) is 12.8 Å². The summed E-state index contributed by atoms with van der Waals surface area (Å²) in [6.07, 6.45) is 75.5. The monoisotopic (exact) mass is 982 g/mol. The van der Waals surface area contributed by atoms with Gasteiger partial charge in [-0.1, -0.05) is 281 Å². The lowest BCUT2D eigenvalue weighted by molar-refractivity contribution is -0.143. The van der Waals surface area contributed by atoms with Crippen molar-refractivity contribution in [2.45, 2.75) is 334 Å². The Labute approximate surface area is 436 Å². The molecule has 0 aliphatic heterocycles. The van der Waals surface area contributed by atoms with E-state index in [2.05, 4.69) is 61.7 Å². The van der Waals surface area contributed by atoms with Crippen molar-refractivity contribution in [3.8, 4) is 0 Å². The van der Waals surface area contributed by atoms with Gasteiger partial charge in [0.15, 0.2) is 0 Å². The van der Waals surface area contributed by atoms with Gasteiger partial charge in [-0.05, 0) is 77.0 Å². The number of ether oxygens (including phenoxy) is 1. The molecule has 2 atom stereocenters. The van der Waals surface area contributed by atoms with Crippen LogP contribution in [-0.2, 0) is 14.3 Å². The molecule has 0 aliphatic carbocycles. The number of esters is 1. The molecular weight excluding hydrogens is 863 g/mol. The molecule has 0 aromatic carbocycles. The van der Waals surface area contributed by atoms with Gasteiger partial charge >= 0.3 is 5.97 Å².